The fourth-order valence-electron chi connectivity index (χ4n) is 3.09. The van der Waals surface area contributed by atoms with E-state index in [1.807, 2.05) is 13.0 Å². The van der Waals surface area contributed by atoms with E-state index < -0.39 is 0 Å². The zero-order valence-corrected chi connectivity index (χ0v) is 19.9. The third kappa shape index (κ3) is 7.12. The van der Waals surface area contributed by atoms with Crippen LogP contribution in [0.2, 0.25) is 0 Å². The van der Waals surface area contributed by atoms with Gasteiger partial charge in [0.15, 0.2) is 6.61 Å². The van der Waals surface area contributed by atoms with Crippen molar-refractivity contribution in [2.75, 3.05) is 18.5 Å². The van der Waals surface area contributed by atoms with Crippen LogP contribution in [0.4, 0.5) is 5.69 Å². The first-order valence-electron chi connectivity index (χ1n) is 10.9. The van der Waals surface area contributed by atoms with Gasteiger partial charge in [-0.15, -0.1) is 0 Å². The molecule has 0 radical (unpaired) electrons. The Morgan fingerprint density at radius 3 is 2.10 bits per heavy atom. The van der Waals surface area contributed by atoms with Gasteiger partial charge in [0, 0.05) is 17.8 Å². The van der Waals surface area contributed by atoms with Crippen molar-refractivity contribution in [2.24, 2.45) is 0 Å². The van der Waals surface area contributed by atoms with E-state index in [1.54, 1.807) is 24.3 Å². The molecule has 5 nitrogen and oxygen atoms in total. The van der Waals surface area contributed by atoms with E-state index in [9.17, 15) is 9.59 Å². The first kappa shape index (κ1) is 24.4. The summed E-state index contributed by atoms with van der Waals surface area (Å²) in [5.74, 6) is 0.359. The largest absolute Gasteiger partial charge is 0.483 e. The lowest BCUT2D eigenvalue weighted by molar-refractivity contribution is -0.118. The minimum Gasteiger partial charge on any atom is -0.483 e. The molecule has 0 bridgehead atoms. The normalized spacial score (nSPS) is 11.7. The maximum absolute atomic E-state index is 12.4. The Hall–Kier alpha value is -2.82. The number of hydrogen-bond acceptors (Lipinski definition) is 3. The second-order valence-electron chi connectivity index (χ2n) is 9.88. The van der Waals surface area contributed by atoms with Crippen molar-refractivity contribution in [3.8, 4) is 5.75 Å². The molecule has 0 atom stereocenters. The molecule has 0 heterocycles. The van der Waals surface area contributed by atoms with Crippen LogP contribution in [0, 0.1) is 0 Å². The molecule has 2 N–H and O–H groups in total. The van der Waals surface area contributed by atoms with Crippen LogP contribution in [0.1, 0.15) is 76.4 Å². The summed E-state index contributed by atoms with van der Waals surface area (Å²) in [6.07, 6.45) is 0.885. The minimum absolute atomic E-state index is 0.0372. The maximum atomic E-state index is 12.4. The van der Waals surface area contributed by atoms with Gasteiger partial charge in [-0.3, -0.25) is 9.59 Å². The van der Waals surface area contributed by atoms with Crippen molar-refractivity contribution in [3.63, 3.8) is 0 Å². The van der Waals surface area contributed by atoms with E-state index in [4.69, 9.17) is 4.74 Å². The maximum Gasteiger partial charge on any atom is 0.262 e. The van der Waals surface area contributed by atoms with Gasteiger partial charge in [-0.25, -0.2) is 0 Å². The summed E-state index contributed by atoms with van der Waals surface area (Å²) >= 11 is 0. The smallest absolute Gasteiger partial charge is 0.262 e. The molecule has 2 aromatic carbocycles. The Kier molecular flexibility index (Phi) is 7.88. The predicted octanol–water partition coefficient (Wildman–Crippen LogP) is 5.44. The average Bonchev–Trinajstić information content (AvgIpc) is 2.69. The number of anilines is 1. The Morgan fingerprint density at radius 1 is 0.903 bits per heavy atom. The van der Waals surface area contributed by atoms with Crippen molar-refractivity contribution in [2.45, 2.75) is 65.7 Å². The number of carbonyl (C=O) groups is 2. The van der Waals surface area contributed by atoms with Crippen molar-refractivity contribution >= 4 is 17.5 Å². The second-order valence-corrected chi connectivity index (χ2v) is 9.88. The third-order valence-corrected chi connectivity index (χ3v) is 4.98. The molecule has 0 fully saturated rings. The molecule has 0 aromatic heterocycles. The zero-order chi connectivity index (χ0) is 23.2. The molecule has 5 heteroatoms. The van der Waals surface area contributed by atoms with Crippen molar-refractivity contribution < 1.29 is 14.3 Å². The molecule has 2 rings (SSSR count). The van der Waals surface area contributed by atoms with Crippen LogP contribution in [-0.2, 0) is 15.6 Å². The van der Waals surface area contributed by atoms with Crippen molar-refractivity contribution in [1.29, 1.82) is 0 Å². The van der Waals surface area contributed by atoms with Gasteiger partial charge < -0.3 is 15.4 Å². The highest BCUT2D eigenvalue weighted by atomic mass is 16.5. The monoisotopic (exact) mass is 424 g/mol. The molecule has 0 spiro atoms. The summed E-state index contributed by atoms with van der Waals surface area (Å²) in [4.78, 5) is 24.4. The van der Waals surface area contributed by atoms with Gasteiger partial charge >= 0.3 is 0 Å². The average molecular weight is 425 g/mol. The molecular weight excluding hydrogens is 388 g/mol. The van der Waals surface area contributed by atoms with Gasteiger partial charge in [-0.1, -0.05) is 60.6 Å². The first-order chi connectivity index (χ1) is 14.4. The SMILES string of the molecule is CCCNC(=O)c1ccc(NC(=O)COc2ccc(C(C)(C)C)cc2C(C)(C)C)cc1. The quantitative estimate of drug-likeness (QED) is 0.622. The Balaban J connectivity index is 2.03. The summed E-state index contributed by atoms with van der Waals surface area (Å²) in [7, 11) is 0. The Labute approximate surface area is 186 Å². The fraction of sp³-hybridized carbons (Fsp3) is 0.462. The van der Waals surface area contributed by atoms with Gasteiger partial charge in [0.2, 0.25) is 0 Å². The summed E-state index contributed by atoms with van der Waals surface area (Å²) in [5, 5.41) is 5.65. The molecule has 2 amide bonds. The number of rotatable bonds is 7. The second kappa shape index (κ2) is 9.99. The van der Waals surface area contributed by atoms with Crippen LogP contribution >= 0.6 is 0 Å². The molecule has 0 saturated heterocycles. The zero-order valence-electron chi connectivity index (χ0n) is 19.9. The van der Waals surface area contributed by atoms with Gasteiger partial charge in [-0.2, -0.15) is 0 Å². The number of ether oxygens (including phenoxy) is 1. The van der Waals surface area contributed by atoms with Gasteiger partial charge in [0.05, 0.1) is 0 Å². The first-order valence-corrected chi connectivity index (χ1v) is 10.9. The summed E-state index contributed by atoms with van der Waals surface area (Å²) < 4.78 is 5.90. The molecule has 0 unspecified atom stereocenters. The fourth-order valence-corrected chi connectivity index (χ4v) is 3.09. The van der Waals surface area contributed by atoms with Gasteiger partial charge in [0.25, 0.3) is 11.8 Å². The Morgan fingerprint density at radius 2 is 1.55 bits per heavy atom. The molecule has 168 valence electrons. The number of amides is 2. The summed E-state index contributed by atoms with van der Waals surface area (Å²) in [6.45, 7) is 15.5. The van der Waals surface area contributed by atoms with E-state index in [1.165, 1.54) is 5.56 Å². The molecule has 2 aromatic rings. The summed E-state index contributed by atoms with van der Waals surface area (Å²) in [6, 6.07) is 13.0. The van der Waals surface area contributed by atoms with Crippen LogP contribution in [0.15, 0.2) is 42.5 Å². The lowest BCUT2D eigenvalue weighted by atomic mass is 9.80. The van der Waals surface area contributed by atoms with E-state index in [-0.39, 0.29) is 29.3 Å². The van der Waals surface area contributed by atoms with Gasteiger partial charge in [0.1, 0.15) is 5.75 Å². The van der Waals surface area contributed by atoms with E-state index >= 15 is 0 Å². The van der Waals surface area contributed by atoms with Crippen molar-refractivity contribution in [1.82, 2.24) is 5.32 Å². The molecule has 0 saturated carbocycles. The van der Waals surface area contributed by atoms with Crippen LogP contribution in [0.5, 0.6) is 5.75 Å². The molecule has 0 aliphatic carbocycles. The lowest BCUT2D eigenvalue weighted by Crippen LogP contribution is -2.24. The highest BCUT2D eigenvalue weighted by Gasteiger charge is 2.23. The molecule has 0 aliphatic rings. The number of benzene rings is 2. The topological polar surface area (TPSA) is 67.4 Å². The van der Waals surface area contributed by atoms with Crippen LogP contribution in [0.3, 0.4) is 0 Å². The predicted molar refractivity (Wildman–Crippen MR) is 127 cm³/mol. The summed E-state index contributed by atoms with van der Waals surface area (Å²) in [5.41, 5.74) is 3.43. The highest BCUT2D eigenvalue weighted by Crippen LogP contribution is 2.35. The van der Waals surface area contributed by atoms with Crippen molar-refractivity contribution in [3.05, 3.63) is 59.2 Å². The minimum atomic E-state index is -0.247. The van der Waals surface area contributed by atoms with Crippen LogP contribution in [-0.4, -0.2) is 25.0 Å². The highest BCUT2D eigenvalue weighted by molar-refractivity contribution is 5.96. The standard InChI is InChI=1S/C26H36N2O3/c1-8-15-27-24(30)18-9-12-20(13-10-18)28-23(29)17-31-22-14-11-19(25(2,3)4)16-21(22)26(5,6)7/h9-14,16H,8,15,17H2,1-7H3,(H,27,30)(H,28,29). The van der Waals surface area contributed by atoms with Gasteiger partial charge in [-0.05, 0) is 58.7 Å². The molecule has 0 aliphatic heterocycles. The Bertz CT molecular complexity index is 904. The number of nitrogens with one attached hydrogen (secondary N) is 2. The van der Waals surface area contributed by atoms with Crippen LogP contribution < -0.4 is 15.4 Å². The number of carbonyl (C=O) groups excluding carboxylic acids is 2. The van der Waals surface area contributed by atoms with E-state index in [0.29, 0.717) is 17.8 Å². The van der Waals surface area contributed by atoms with Crippen LogP contribution in [0.25, 0.3) is 0 Å². The third-order valence-electron chi connectivity index (χ3n) is 4.98. The molecule has 31 heavy (non-hydrogen) atoms. The number of hydrogen-bond donors (Lipinski definition) is 2. The van der Waals surface area contributed by atoms with E-state index in [2.05, 4.69) is 64.3 Å². The molecular formula is C26H36N2O3. The van der Waals surface area contributed by atoms with E-state index in [0.717, 1.165) is 17.7 Å². The lowest BCUT2D eigenvalue weighted by Gasteiger charge is -2.27.